The van der Waals surface area contributed by atoms with E-state index in [2.05, 4.69) is 10.3 Å². The van der Waals surface area contributed by atoms with E-state index in [0.717, 1.165) is 42.6 Å². The maximum atomic E-state index is 12.4. The number of aryl methyl sites for hydroxylation is 1. The molecule has 0 unspecified atom stereocenters. The number of pyridine rings is 1. The predicted octanol–water partition coefficient (Wildman–Crippen LogP) is 2.70. The molecule has 2 aromatic rings. The Labute approximate surface area is 160 Å². The highest BCUT2D eigenvalue weighted by Crippen LogP contribution is 2.14. The second-order valence-electron chi connectivity index (χ2n) is 7.14. The van der Waals surface area contributed by atoms with E-state index in [1.54, 1.807) is 6.20 Å². The van der Waals surface area contributed by atoms with Gasteiger partial charge in [0.05, 0.1) is 6.54 Å². The molecule has 0 atom stereocenters. The van der Waals surface area contributed by atoms with Crippen LogP contribution in [0.3, 0.4) is 0 Å². The van der Waals surface area contributed by atoms with Gasteiger partial charge < -0.3 is 10.2 Å². The number of likely N-dealkylation sites (N-methyl/N-ethyl adjacent to an activating group) is 1. The highest BCUT2D eigenvalue weighted by molar-refractivity contribution is 5.94. The van der Waals surface area contributed by atoms with Gasteiger partial charge in [-0.2, -0.15) is 0 Å². The molecule has 1 saturated heterocycles. The van der Waals surface area contributed by atoms with Crippen LogP contribution in [0.15, 0.2) is 42.6 Å². The Bertz CT molecular complexity index is 798. The van der Waals surface area contributed by atoms with Crippen molar-refractivity contribution in [2.45, 2.75) is 26.3 Å². The lowest BCUT2D eigenvalue weighted by Gasteiger charge is -2.17. The van der Waals surface area contributed by atoms with Crippen molar-refractivity contribution in [2.75, 3.05) is 32.0 Å². The average molecular weight is 366 g/mol. The van der Waals surface area contributed by atoms with E-state index in [0.29, 0.717) is 12.4 Å². The molecule has 27 heavy (non-hydrogen) atoms. The van der Waals surface area contributed by atoms with E-state index in [1.807, 2.05) is 60.2 Å². The number of aromatic nitrogens is 1. The lowest BCUT2D eigenvalue weighted by atomic mass is 10.1. The van der Waals surface area contributed by atoms with Crippen LogP contribution in [-0.2, 0) is 11.3 Å². The lowest BCUT2D eigenvalue weighted by Crippen LogP contribution is -2.30. The Morgan fingerprint density at radius 3 is 2.52 bits per heavy atom. The number of carbonyl (C=O) groups excluding carboxylic acids is 2. The maximum Gasteiger partial charge on any atom is 0.253 e. The third kappa shape index (κ3) is 5.37. The molecule has 1 aliphatic heterocycles. The van der Waals surface area contributed by atoms with Crippen molar-refractivity contribution in [3.8, 4) is 0 Å². The molecule has 1 aliphatic rings. The highest BCUT2D eigenvalue weighted by Gasteiger charge is 2.19. The molecule has 3 rings (SSSR count). The summed E-state index contributed by atoms with van der Waals surface area (Å²) in [7, 11) is 1.90. The molecule has 0 aliphatic carbocycles. The van der Waals surface area contributed by atoms with Crippen LogP contribution < -0.4 is 5.32 Å². The second-order valence-corrected chi connectivity index (χ2v) is 7.14. The predicted molar refractivity (Wildman–Crippen MR) is 106 cm³/mol. The number of hydrogen-bond donors (Lipinski definition) is 1. The summed E-state index contributed by atoms with van der Waals surface area (Å²) in [6.45, 7) is 4.57. The number of anilines is 1. The summed E-state index contributed by atoms with van der Waals surface area (Å²) in [6, 6.07) is 11.4. The lowest BCUT2D eigenvalue weighted by molar-refractivity contribution is -0.117. The van der Waals surface area contributed by atoms with Gasteiger partial charge in [-0.1, -0.05) is 12.1 Å². The first-order chi connectivity index (χ1) is 13.0. The van der Waals surface area contributed by atoms with E-state index < -0.39 is 0 Å². The molecule has 0 bridgehead atoms. The average Bonchev–Trinajstić information content (AvgIpc) is 3.16. The van der Waals surface area contributed by atoms with Gasteiger partial charge in [-0.05, 0) is 62.2 Å². The van der Waals surface area contributed by atoms with Crippen LogP contribution >= 0.6 is 0 Å². The summed E-state index contributed by atoms with van der Waals surface area (Å²) in [5.74, 6) is 0.576. The molecule has 1 fully saturated rings. The van der Waals surface area contributed by atoms with Crippen molar-refractivity contribution in [1.82, 2.24) is 14.8 Å². The zero-order chi connectivity index (χ0) is 19.2. The topological polar surface area (TPSA) is 65.5 Å². The van der Waals surface area contributed by atoms with Crippen molar-refractivity contribution in [1.29, 1.82) is 0 Å². The first-order valence-electron chi connectivity index (χ1n) is 9.30. The highest BCUT2D eigenvalue weighted by atomic mass is 16.2. The molecule has 0 saturated carbocycles. The number of benzene rings is 1. The fourth-order valence-electron chi connectivity index (χ4n) is 3.26. The Kier molecular flexibility index (Phi) is 6.19. The van der Waals surface area contributed by atoms with Crippen molar-refractivity contribution < 1.29 is 9.59 Å². The molecular weight excluding hydrogens is 340 g/mol. The first-order valence-corrected chi connectivity index (χ1v) is 9.30. The number of carbonyl (C=O) groups is 2. The fourth-order valence-corrected chi connectivity index (χ4v) is 3.26. The van der Waals surface area contributed by atoms with Crippen molar-refractivity contribution >= 4 is 17.6 Å². The summed E-state index contributed by atoms with van der Waals surface area (Å²) in [4.78, 5) is 32.5. The fraction of sp³-hybridized carbons (Fsp3) is 0.381. The van der Waals surface area contributed by atoms with E-state index in [4.69, 9.17) is 0 Å². The normalized spacial score (nSPS) is 13.8. The smallest absolute Gasteiger partial charge is 0.253 e. The third-order valence-corrected chi connectivity index (χ3v) is 4.64. The van der Waals surface area contributed by atoms with Gasteiger partial charge in [0.25, 0.3) is 5.91 Å². The van der Waals surface area contributed by atoms with Gasteiger partial charge in [0.2, 0.25) is 5.91 Å². The standard InChI is InChI=1S/C21H26N4O2/c1-16-9-10-22-19(13-16)23-20(26)15-24(2)14-17-5-7-18(8-6-17)21(27)25-11-3-4-12-25/h5-10,13H,3-4,11-12,14-15H2,1-2H3,(H,22,23,26). The minimum atomic E-state index is -0.101. The minimum absolute atomic E-state index is 0.101. The molecule has 142 valence electrons. The van der Waals surface area contributed by atoms with Crippen LogP contribution in [0.1, 0.15) is 34.3 Å². The summed E-state index contributed by atoms with van der Waals surface area (Å²) >= 11 is 0. The molecule has 6 heteroatoms. The molecule has 0 radical (unpaired) electrons. The SMILES string of the molecule is Cc1ccnc(NC(=O)CN(C)Cc2ccc(C(=O)N3CCCC3)cc2)c1. The van der Waals surface area contributed by atoms with Gasteiger partial charge in [0.15, 0.2) is 0 Å². The van der Waals surface area contributed by atoms with Crippen LogP contribution in [0.2, 0.25) is 0 Å². The number of amides is 2. The summed E-state index contributed by atoms with van der Waals surface area (Å²) in [6.07, 6.45) is 3.86. The number of nitrogens with one attached hydrogen (secondary N) is 1. The van der Waals surface area contributed by atoms with Crippen LogP contribution in [0.5, 0.6) is 0 Å². The van der Waals surface area contributed by atoms with Crippen LogP contribution in [-0.4, -0.2) is 53.3 Å². The molecule has 2 amide bonds. The number of rotatable bonds is 6. The van der Waals surface area contributed by atoms with E-state index in [-0.39, 0.29) is 18.4 Å². The monoisotopic (exact) mass is 366 g/mol. The van der Waals surface area contributed by atoms with Crippen molar-refractivity contribution in [2.24, 2.45) is 0 Å². The van der Waals surface area contributed by atoms with Gasteiger partial charge in [-0.3, -0.25) is 14.5 Å². The van der Waals surface area contributed by atoms with Crippen LogP contribution in [0.25, 0.3) is 0 Å². The Morgan fingerprint density at radius 2 is 1.85 bits per heavy atom. The van der Waals surface area contributed by atoms with E-state index in [1.165, 1.54) is 0 Å². The molecule has 2 heterocycles. The van der Waals surface area contributed by atoms with Gasteiger partial charge >= 0.3 is 0 Å². The first kappa shape index (κ1) is 19.0. The number of nitrogens with zero attached hydrogens (tertiary/aromatic N) is 3. The van der Waals surface area contributed by atoms with Crippen molar-refractivity contribution in [3.05, 3.63) is 59.3 Å². The molecule has 6 nitrogen and oxygen atoms in total. The van der Waals surface area contributed by atoms with Crippen molar-refractivity contribution in [3.63, 3.8) is 0 Å². The Balaban J connectivity index is 1.50. The zero-order valence-corrected chi connectivity index (χ0v) is 15.9. The van der Waals surface area contributed by atoms with E-state index in [9.17, 15) is 9.59 Å². The van der Waals surface area contributed by atoms with Crippen LogP contribution in [0.4, 0.5) is 5.82 Å². The van der Waals surface area contributed by atoms with Gasteiger partial charge in [-0.15, -0.1) is 0 Å². The minimum Gasteiger partial charge on any atom is -0.339 e. The van der Waals surface area contributed by atoms with Gasteiger partial charge in [-0.25, -0.2) is 4.98 Å². The molecule has 1 N–H and O–H groups in total. The Morgan fingerprint density at radius 1 is 1.15 bits per heavy atom. The summed E-state index contributed by atoms with van der Waals surface area (Å²) in [5.41, 5.74) is 2.85. The Hall–Kier alpha value is -2.73. The summed E-state index contributed by atoms with van der Waals surface area (Å²) in [5, 5.41) is 2.81. The van der Waals surface area contributed by atoms with Gasteiger partial charge in [0.1, 0.15) is 5.82 Å². The third-order valence-electron chi connectivity index (χ3n) is 4.64. The zero-order valence-electron chi connectivity index (χ0n) is 15.9. The van der Waals surface area contributed by atoms with E-state index >= 15 is 0 Å². The quantitative estimate of drug-likeness (QED) is 0.854. The van der Waals surface area contributed by atoms with Crippen LogP contribution in [0, 0.1) is 6.92 Å². The summed E-state index contributed by atoms with van der Waals surface area (Å²) < 4.78 is 0. The largest absolute Gasteiger partial charge is 0.339 e. The number of hydrogen-bond acceptors (Lipinski definition) is 4. The maximum absolute atomic E-state index is 12.4. The van der Waals surface area contributed by atoms with Gasteiger partial charge in [0, 0.05) is 31.4 Å². The molecule has 1 aromatic carbocycles. The second kappa shape index (κ2) is 8.77. The number of likely N-dealkylation sites (tertiary alicyclic amines) is 1. The molecule has 0 spiro atoms. The molecule has 1 aromatic heterocycles. The molecular formula is C21H26N4O2.